The van der Waals surface area contributed by atoms with Crippen LogP contribution in [0.4, 0.5) is 14.9 Å². The molecule has 196 valence electrons. The smallest absolute Gasteiger partial charge is 0.410 e. The van der Waals surface area contributed by atoms with Crippen LogP contribution in [0.15, 0.2) is 54.6 Å². The van der Waals surface area contributed by atoms with E-state index in [1.807, 2.05) is 68.1 Å². The van der Waals surface area contributed by atoms with Crippen molar-refractivity contribution >= 4 is 56.7 Å². The highest BCUT2D eigenvalue weighted by Crippen LogP contribution is 2.41. The highest BCUT2D eigenvalue weighted by molar-refractivity contribution is 6.36. The predicted octanol–water partition coefficient (Wildman–Crippen LogP) is 8.09. The van der Waals surface area contributed by atoms with E-state index in [9.17, 15) is 4.79 Å². The van der Waals surface area contributed by atoms with Crippen LogP contribution in [0.1, 0.15) is 33.6 Å². The van der Waals surface area contributed by atoms with E-state index < -0.39 is 11.4 Å². The van der Waals surface area contributed by atoms with E-state index in [4.69, 9.17) is 27.9 Å². The molecule has 2 saturated heterocycles. The third kappa shape index (κ3) is 4.34. The van der Waals surface area contributed by atoms with Gasteiger partial charge in [0.25, 0.3) is 0 Å². The van der Waals surface area contributed by atoms with Gasteiger partial charge in [-0.15, -0.1) is 0 Å². The Morgan fingerprint density at radius 2 is 1.68 bits per heavy atom. The number of anilines is 1. The van der Waals surface area contributed by atoms with Gasteiger partial charge in [0.15, 0.2) is 5.82 Å². The predicted molar refractivity (Wildman–Crippen MR) is 152 cm³/mol. The fourth-order valence-electron chi connectivity index (χ4n) is 5.91. The Bertz CT molecular complexity index is 1570. The SMILES string of the molecule is CC(C)(C)OC(=O)N1[C@@H]2CC[C@H]1CN(c1cc(Cl)nc3c(F)c(-c4cccc5cccc(Cl)c45)ccc13)C2. The molecule has 0 aliphatic carbocycles. The van der Waals surface area contributed by atoms with Crippen LogP contribution in [-0.2, 0) is 4.74 Å². The third-order valence-corrected chi connectivity index (χ3v) is 7.95. The van der Waals surface area contributed by atoms with Gasteiger partial charge >= 0.3 is 6.09 Å². The maximum absolute atomic E-state index is 16.2. The zero-order valence-corrected chi connectivity index (χ0v) is 23.0. The molecule has 5 nitrogen and oxygen atoms in total. The van der Waals surface area contributed by atoms with E-state index in [2.05, 4.69) is 9.88 Å². The highest BCUT2D eigenvalue weighted by atomic mass is 35.5. The molecule has 1 amide bonds. The van der Waals surface area contributed by atoms with Gasteiger partial charge in [0, 0.05) is 40.1 Å². The topological polar surface area (TPSA) is 45.7 Å². The minimum atomic E-state index is -0.550. The number of ether oxygens (including phenoxy) is 1. The van der Waals surface area contributed by atoms with Crippen LogP contribution in [0.25, 0.3) is 32.8 Å². The Hall–Kier alpha value is -3.09. The monoisotopic (exact) mass is 551 g/mol. The van der Waals surface area contributed by atoms with Crippen LogP contribution in [-0.4, -0.2) is 46.8 Å². The number of nitrogens with zero attached hydrogens (tertiary/aromatic N) is 3. The molecular formula is C30H28Cl2FN3O2. The van der Waals surface area contributed by atoms with Crippen molar-refractivity contribution in [3.8, 4) is 11.1 Å². The number of hydrogen-bond donors (Lipinski definition) is 0. The number of fused-ring (bicyclic) bond motifs is 4. The Balaban J connectivity index is 1.39. The van der Waals surface area contributed by atoms with E-state index in [0.717, 1.165) is 29.3 Å². The van der Waals surface area contributed by atoms with E-state index in [1.165, 1.54) is 0 Å². The Morgan fingerprint density at radius 3 is 2.37 bits per heavy atom. The van der Waals surface area contributed by atoms with Gasteiger partial charge in [0.1, 0.15) is 16.3 Å². The maximum Gasteiger partial charge on any atom is 0.410 e. The highest BCUT2D eigenvalue weighted by Gasteiger charge is 2.44. The molecule has 0 saturated carbocycles. The zero-order chi connectivity index (χ0) is 26.8. The summed E-state index contributed by atoms with van der Waals surface area (Å²) >= 11 is 13.0. The van der Waals surface area contributed by atoms with Gasteiger partial charge in [-0.1, -0.05) is 59.6 Å². The minimum Gasteiger partial charge on any atom is -0.444 e. The number of halogens is 3. The number of pyridine rings is 1. The number of hydrogen-bond acceptors (Lipinski definition) is 4. The van der Waals surface area contributed by atoms with Gasteiger partial charge in [-0.2, -0.15) is 0 Å². The zero-order valence-electron chi connectivity index (χ0n) is 21.5. The number of piperazine rings is 1. The normalized spacial score (nSPS) is 19.4. The molecule has 0 N–H and O–H groups in total. The summed E-state index contributed by atoms with van der Waals surface area (Å²) in [6.07, 6.45) is 1.53. The molecule has 2 atom stereocenters. The second-order valence-electron chi connectivity index (χ2n) is 11.1. The number of rotatable bonds is 2. The summed E-state index contributed by atoms with van der Waals surface area (Å²) in [5.41, 5.74) is 1.62. The lowest BCUT2D eigenvalue weighted by Gasteiger charge is -2.42. The van der Waals surface area contributed by atoms with Gasteiger partial charge < -0.3 is 9.64 Å². The van der Waals surface area contributed by atoms with Gasteiger partial charge in [0.05, 0.1) is 12.1 Å². The Labute approximate surface area is 231 Å². The first kappa shape index (κ1) is 25.2. The average molecular weight is 552 g/mol. The first-order valence-electron chi connectivity index (χ1n) is 12.8. The van der Waals surface area contributed by atoms with Crippen molar-refractivity contribution in [2.75, 3.05) is 18.0 Å². The molecule has 8 heteroatoms. The number of carbonyl (C=O) groups excluding carboxylic acids is 1. The second kappa shape index (κ2) is 9.28. The summed E-state index contributed by atoms with van der Waals surface area (Å²) in [7, 11) is 0. The fraction of sp³-hybridized carbons (Fsp3) is 0.333. The number of benzene rings is 3. The Morgan fingerprint density at radius 1 is 1.00 bits per heavy atom. The lowest BCUT2D eigenvalue weighted by molar-refractivity contribution is 0.0123. The molecule has 4 aromatic rings. The average Bonchev–Trinajstić information content (AvgIpc) is 3.13. The molecule has 2 bridgehead atoms. The molecule has 6 rings (SSSR count). The third-order valence-electron chi connectivity index (χ3n) is 7.44. The maximum atomic E-state index is 16.2. The van der Waals surface area contributed by atoms with Crippen molar-refractivity contribution in [3.05, 3.63) is 70.6 Å². The molecule has 2 aliphatic rings. The van der Waals surface area contributed by atoms with Gasteiger partial charge in [0.2, 0.25) is 0 Å². The molecule has 2 fully saturated rings. The van der Waals surface area contributed by atoms with Crippen LogP contribution in [0, 0.1) is 5.82 Å². The van der Waals surface area contributed by atoms with Crippen LogP contribution in [0.2, 0.25) is 10.2 Å². The largest absolute Gasteiger partial charge is 0.444 e. The van der Waals surface area contributed by atoms with Crippen molar-refractivity contribution in [3.63, 3.8) is 0 Å². The van der Waals surface area contributed by atoms with E-state index >= 15 is 4.39 Å². The lowest BCUT2D eigenvalue weighted by Crippen LogP contribution is -2.56. The summed E-state index contributed by atoms with van der Waals surface area (Å²) < 4.78 is 21.9. The van der Waals surface area contributed by atoms with Gasteiger partial charge in [-0.3, -0.25) is 4.90 Å². The molecular weight excluding hydrogens is 524 g/mol. The van der Waals surface area contributed by atoms with Crippen LogP contribution in [0.5, 0.6) is 0 Å². The van der Waals surface area contributed by atoms with Crippen molar-refractivity contribution in [1.29, 1.82) is 0 Å². The summed E-state index contributed by atoms with van der Waals surface area (Å²) in [6.45, 7) is 6.87. The van der Waals surface area contributed by atoms with Crippen molar-refractivity contribution in [2.24, 2.45) is 0 Å². The van der Waals surface area contributed by atoms with Crippen molar-refractivity contribution < 1.29 is 13.9 Å². The van der Waals surface area contributed by atoms with Crippen LogP contribution >= 0.6 is 23.2 Å². The van der Waals surface area contributed by atoms with Crippen LogP contribution in [0.3, 0.4) is 0 Å². The van der Waals surface area contributed by atoms with Gasteiger partial charge in [-0.05, 0) is 62.8 Å². The standard InChI is InChI=1S/C30H28Cl2FN3O2/c1-30(2,3)38-29(37)36-18-10-11-19(36)16-35(15-18)24-14-25(32)34-28-22(24)13-12-21(27(28)33)20-8-4-6-17-7-5-9-23(31)26(17)20/h4-9,12-14,18-19H,10-11,15-16H2,1-3H3/t18-,19+. The number of amides is 1. The molecule has 38 heavy (non-hydrogen) atoms. The summed E-state index contributed by atoms with van der Waals surface area (Å²) in [4.78, 5) is 21.4. The molecule has 3 heterocycles. The minimum absolute atomic E-state index is 0.0209. The summed E-state index contributed by atoms with van der Waals surface area (Å²) in [5.74, 6) is -0.436. The van der Waals surface area contributed by atoms with E-state index in [1.54, 1.807) is 12.1 Å². The fourth-order valence-corrected chi connectivity index (χ4v) is 6.38. The lowest BCUT2D eigenvalue weighted by atomic mass is 9.96. The molecule has 1 aromatic heterocycles. The quantitative estimate of drug-likeness (QED) is 0.236. The molecule has 2 aliphatic heterocycles. The van der Waals surface area contributed by atoms with Crippen LogP contribution < -0.4 is 4.90 Å². The number of carbonyl (C=O) groups is 1. The first-order chi connectivity index (χ1) is 18.1. The Kier molecular flexibility index (Phi) is 6.15. The summed E-state index contributed by atoms with van der Waals surface area (Å²) in [5, 5.41) is 3.21. The second-order valence-corrected chi connectivity index (χ2v) is 11.9. The first-order valence-corrected chi connectivity index (χ1v) is 13.6. The molecule has 0 unspecified atom stereocenters. The molecule has 0 radical (unpaired) electrons. The summed E-state index contributed by atoms with van der Waals surface area (Å²) in [6, 6.07) is 16.9. The van der Waals surface area contributed by atoms with Crippen molar-refractivity contribution in [1.82, 2.24) is 9.88 Å². The van der Waals surface area contributed by atoms with Gasteiger partial charge in [-0.25, -0.2) is 14.2 Å². The molecule has 3 aromatic carbocycles. The van der Waals surface area contributed by atoms with E-state index in [0.29, 0.717) is 34.6 Å². The molecule has 0 spiro atoms. The van der Waals surface area contributed by atoms with E-state index in [-0.39, 0.29) is 28.8 Å². The number of aromatic nitrogens is 1. The van der Waals surface area contributed by atoms with Crippen molar-refractivity contribution in [2.45, 2.75) is 51.3 Å².